The predicted octanol–water partition coefficient (Wildman–Crippen LogP) is 2.25. The van der Waals surface area contributed by atoms with Crippen molar-refractivity contribution in [2.45, 2.75) is 34.1 Å². The number of carbonyl (C=O) groups excluding carboxylic acids is 1. The highest BCUT2D eigenvalue weighted by atomic mass is 32.1. The van der Waals surface area contributed by atoms with E-state index in [1.165, 1.54) is 0 Å². The Labute approximate surface area is 77.8 Å². The van der Waals surface area contributed by atoms with E-state index in [4.69, 9.17) is 4.79 Å². The molecule has 3 nitrogen and oxygen atoms in total. The minimum atomic E-state index is 1.01. The van der Waals surface area contributed by atoms with Gasteiger partial charge in [0.1, 0.15) is 16.8 Å². The van der Waals surface area contributed by atoms with Gasteiger partial charge in [0, 0.05) is 0 Å². The van der Waals surface area contributed by atoms with Crippen molar-refractivity contribution < 1.29 is 4.79 Å². The summed E-state index contributed by atoms with van der Waals surface area (Å²) in [4.78, 5) is 8.00. The molecular weight excluding hydrogens is 172 g/mol. The van der Waals surface area contributed by atoms with E-state index < -0.39 is 0 Å². The van der Waals surface area contributed by atoms with Crippen molar-refractivity contribution in [1.82, 2.24) is 10.2 Å². The minimum Gasteiger partial charge on any atom is -0.307 e. The molecule has 0 unspecified atom stereocenters. The summed E-state index contributed by atoms with van der Waals surface area (Å²) >= 11 is 1.67. The smallest absolute Gasteiger partial charge is 0.117 e. The van der Waals surface area contributed by atoms with E-state index in [1.54, 1.807) is 11.3 Å². The Morgan fingerprint density at radius 2 is 1.83 bits per heavy atom. The highest BCUT2D eigenvalue weighted by molar-refractivity contribution is 7.11. The van der Waals surface area contributed by atoms with Gasteiger partial charge in [0.15, 0.2) is 0 Å². The second kappa shape index (κ2) is 10.2. The van der Waals surface area contributed by atoms with Crippen molar-refractivity contribution in [3.63, 3.8) is 0 Å². The molecule has 70 valence electrons. The molecule has 0 atom stereocenters. The van der Waals surface area contributed by atoms with Gasteiger partial charge in [-0.05, 0) is 13.3 Å². The molecule has 1 heterocycles. The fourth-order valence-corrected chi connectivity index (χ4v) is 1.13. The van der Waals surface area contributed by atoms with Crippen molar-refractivity contribution in [1.29, 1.82) is 0 Å². The van der Waals surface area contributed by atoms with Crippen LogP contribution in [0.4, 0.5) is 0 Å². The molecule has 1 rings (SSSR count). The van der Waals surface area contributed by atoms with E-state index >= 15 is 0 Å². The van der Waals surface area contributed by atoms with E-state index in [9.17, 15) is 0 Å². The lowest BCUT2D eigenvalue weighted by Crippen LogP contribution is -1.74. The number of nitrogens with zero attached hydrogens (tertiary/aromatic N) is 2. The lowest BCUT2D eigenvalue weighted by molar-refractivity contribution is -0.0979. The van der Waals surface area contributed by atoms with Gasteiger partial charge in [-0.3, -0.25) is 0 Å². The zero-order valence-corrected chi connectivity index (χ0v) is 8.94. The molecule has 1 aromatic heterocycles. The van der Waals surface area contributed by atoms with Crippen LogP contribution >= 0.6 is 11.3 Å². The number of carbonyl (C=O) groups is 1. The molecule has 0 aliphatic carbocycles. The van der Waals surface area contributed by atoms with Crippen LogP contribution in [0.15, 0.2) is 0 Å². The standard InChI is InChI=1S/C5H8N2S.C2H6.CH2O/c1-3-5-7-6-4(2)8-5;2*1-2/h3H2,1-2H3;1-2H3;1H2. The molecule has 0 saturated carbocycles. The number of hydrogen-bond donors (Lipinski definition) is 0. The topological polar surface area (TPSA) is 42.9 Å². The number of hydrogen-bond acceptors (Lipinski definition) is 4. The number of aromatic nitrogens is 2. The summed E-state index contributed by atoms with van der Waals surface area (Å²) in [6, 6.07) is 0. The normalized spacial score (nSPS) is 7.33. The monoisotopic (exact) mass is 188 g/mol. The van der Waals surface area contributed by atoms with Gasteiger partial charge >= 0.3 is 0 Å². The Bertz CT molecular complexity index is 189. The highest BCUT2D eigenvalue weighted by Gasteiger charge is 1.93. The van der Waals surface area contributed by atoms with Crippen LogP contribution in [0.3, 0.4) is 0 Å². The van der Waals surface area contributed by atoms with E-state index in [0.717, 1.165) is 16.4 Å². The average molecular weight is 188 g/mol. The van der Waals surface area contributed by atoms with Gasteiger partial charge in [-0.15, -0.1) is 21.5 Å². The molecule has 1 aromatic rings. The van der Waals surface area contributed by atoms with Crippen LogP contribution in [0.5, 0.6) is 0 Å². The maximum atomic E-state index is 8.00. The molecule has 0 radical (unpaired) electrons. The summed E-state index contributed by atoms with van der Waals surface area (Å²) in [6.07, 6.45) is 1.01. The Kier molecular flexibility index (Phi) is 11.8. The Morgan fingerprint density at radius 3 is 2.00 bits per heavy atom. The van der Waals surface area contributed by atoms with Gasteiger partial charge in [0.2, 0.25) is 0 Å². The lowest BCUT2D eigenvalue weighted by Gasteiger charge is -1.75. The lowest BCUT2D eigenvalue weighted by atomic mass is 10.5. The van der Waals surface area contributed by atoms with Gasteiger partial charge in [-0.2, -0.15) is 0 Å². The SMILES string of the molecule is C=O.CC.CCc1nnc(C)s1. The fourth-order valence-electron chi connectivity index (χ4n) is 0.480. The van der Waals surface area contributed by atoms with Gasteiger partial charge in [0.25, 0.3) is 0 Å². The highest BCUT2D eigenvalue weighted by Crippen LogP contribution is 2.06. The molecule has 0 fully saturated rings. The summed E-state index contributed by atoms with van der Waals surface area (Å²) < 4.78 is 0. The molecule has 0 amide bonds. The third kappa shape index (κ3) is 5.97. The van der Waals surface area contributed by atoms with E-state index in [0.29, 0.717) is 0 Å². The fraction of sp³-hybridized carbons (Fsp3) is 0.625. The van der Waals surface area contributed by atoms with E-state index in [2.05, 4.69) is 17.1 Å². The number of aryl methyl sites for hydroxylation is 2. The molecule has 0 aliphatic heterocycles. The zero-order valence-electron chi connectivity index (χ0n) is 8.13. The van der Waals surface area contributed by atoms with Crippen molar-refractivity contribution in [2.24, 2.45) is 0 Å². The molecule has 12 heavy (non-hydrogen) atoms. The van der Waals surface area contributed by atoms with Crippen LogP contribution in [-0.2, 0) is 11.2 Å². The maximum Gasteiger partial charge on any atom is 0.117 e. The summed E-state index contributed by atoms with van der Waals surface area (Å²) in [5.41, 5.74) is 0. The predicted molar refractivity (Wildman–Crippen MR) is 52.5 cm³/mol. The van der Waals surface area contributed by atoms with E-state index in [-0.39, 0.29) is 0 Å². The minimum absolute atomic E-state index is 1.01. The van der Waals surface area contributed by atoms with Crippen molar-refractivity contribution in [3.8, 4) is 0 Å². The van der Waals surface area contributed by atoms with Crippen LogP contribution in [0.25, 0.3) is 0 Å². The largest absolute Gasteiger partial charge is 0.307 e. The molecule has 0 spiro atoms. The van der Waals surface area contributed by atoms with Crippen molar-refractivity contribution in [2.75, 3.05) is 0 Å². The van der Waals surface area contributed by atoms with E-state index in [1.807, 2.05) is 27.6 Å². The molecule has 4 heteroatoms. The first kappa shape index (κ1) is 13.8. The zero-order chi connectivity index (χ0) is 9.98. The molecule has 0 bridgehead atoms. The quantitative estimate of drug-likeness (QED) is 0.679. The molecule has 0 aromatic carbocycles. The van der Waals surface area contributed by atoms with Gasteiger partial charge < -0.3 is 4.79 Å². The summed E-state index contributed by atoms with van der Waals surface area (Å²) in [5, 5.41) is 9.94. The van der Waals surface area contributed by atoms with Crippen LogP contribution in [0.2, 0.25) is 0 Å². The van der Waals surface area contributed by atoms with Crippen LogP contribution in [0, 0.1) is 6.92 Å². The maximum absolute atomic E-state index is 8.00. The van der Waals surface area contributed by atoms with Crippen LogP contribution in [-0.4, -0.2) is 17.0 Å². The Morgan fingerprint density at radius 1 is 1.33 bits per heavy atom. The summed E-state index contributed by atoms with van der Waals surface area (Å²) in [7, 11) is 0. The molecular formula is C8H16N2OS. The van der Waals surface area contributed by atoms with Gasteiger partial charge in [0.05, 0.1) is 0 Å². The first-order chi connectivity index (χ1) is 5.83. The molecule has 0 N–H and O–H groups in total. The average Bonchev–Trinajstić information content (AvgIpc) is 2.58. The van der Waals surface area contributed by atoms with Crippen molar-refractivity contribution >= 4 is 18.1 Å². The Hall–Kier alpha value is -0.770. The third-order valence-electron chi connectivity index (χ3n) is 0.870. The second-order valence-corrected chi connectivity index (χ2v) is 2.83. The Balaban J connectivity index is 0. The van der Waals surface area contributed by atoms with Crippen LogP contribution in [0.1, 0.15) is 30.8 Å². The first-order valence-electron chi connectivity index (χ1n) is 3.90. The van der Waals surface area contributed by atoms with Crippen molar-refractivity contribution in [3.05, 3.63) is 10.0 Å². The second-order valence-electron chi connectivity index (χ2n) is 1.57. The third-order valence-corrected chi connectivity index (χ3v) is 1.85. The van der Waals surface area contributed by atoms with Crippen LogP contribution < -0.4 is 0 Å². The molecule has 0 aliphatic rings. The summed E-state index contributed by atoms with van der Waals surface area (Å²) in [5.74, 6) is 0. The molecule has 0 saturated heterocycles. The summed E-state index contributed by atoms with van der Waals surface area (Å²) in [6.45, 7) is 10.1. The number of rotatable bonds is 1. The van der Waals surface area contributed by atoms with Gasteiger partial charge in [-0.25, -0.2) is 0 Å². The first-order valence-corrected chi connectivity index (χ1v) is 4.72. The van der Waals surface area contributed by atoms with Gasteiger partial charge in [-0.1, -0.05) is 20.8 Å².